The summed E-state index contributed by atoms with van der Waals surface area (Å²) in [4.78, 5) is 32.6. The van der Waals surface area contributed by atoms with Gasteiger partial charge in [-0.15, -0.1) is 0 Å². The normalized spacial score (nSPS) is 14.2. The van der Waals surface area contributed by atoms with E-state index in [1.54, 1.807) is 0 Å². The maximum atomic E-state index is 11.5. The number of nitrogens with zero attached hydrogens (tertiary/aromatic N) is 1. The molecule has 1 aliphatic heterocycles. The van der Waals surface area contributed by atoms with Crippen LogP contribution in [-0.4, -0.2) is 23.8 Å². The highest BCUT2D eigenvalue weighted by Gasteiger charge is 2.25. The molecule has 92 valence electrons. The largest absolute Gasteiger partial charge is 0.496 e. The maximum absolute atomic E-state index is 11.5. The summed E-state index contributed by atoms with van der Waals surface area (Å²) in [5.74, 6) is -0.900. The second kappa shape index (κ2) is 4.28. The monoisotopic (exact) mass is 248 g/mol. The van der Waals surface area contributed by atoms with Gasteiger partial charge >= 0.3 is 0 Å². The van der Waals surface area contributed by atoms with Gasteiger partial charge in [0.15, 0.2) is 0 Å². The Morgan fingerprint density at radius 2 is 2.06 bits per heavy atom. The van der Waals surface area contributed by atoms with E-state index in [2.05, 4.69) is 5.32 Å². The Bertz CT molecular complexity index is 591. The number of nitro groups is 1. The van der Waals surface area contributed by atoms with Crippen molar-refractivity contribution in [3.05, 3.63) is 40.0 Å². The average molecular weight is 248 g/mol. The zero-order valence-electron chi connectivity index (χ0n) is 9.30. The molecule has 2 amide bonds. The van der Waals surface area contributed by atoms with Crippen LogP contribution < -0.4 is 10.1 Å². The first-order valence-electron chi connectivity index (χ1n) is 4.92. The van der Waals surface area contributed by atoms with Crippen LogP contribution in [0.5, 0.6) is 5.75 Å². The number of imide groups is 1. The molecule has 0 aromatic heterocycles. The molecule has 1 aromatic rings. The lowest BCUT2D eigenvalue weighted by molar-refractivity contribution is -0.384. The van der Waals surface area contributed by atoms with Crippen LogP contribution in [0.2, 0.25) is 0 Å². The number of nitrogens with one attached hydrogen (secondary N) is 1. The van der Waals surface area contributed by atoms with E-state index in [1.807, 2.05) is 0 Å². The SMILES string of the molecule is COc1cc([N+](=O)[O-])ccc1C1=CC(=O)NC1=O. The highest BCUT2D eigenvalue weighted by atomic mass is 16.6. The van der Waals surface area contributed by atoms with Crippen LogP contribution in [0, 0.1) is 10.1 Å². The van der Waals surface area contributed by atoms with Crippen molar-refractivity contribution in [3.8, 4) is 5.75 Å². The van der Waals surface area contributed by atoms with E-state index in [1.165, 1.54) is 25.3 Å². The first kappa shape index (κ1) is 11.8. The summed E-state index contributed by atoms with van der Waals surface area (Å²) in [6, 6.07) is 3.82. The number of nitro benzene ring substituents is 1. The lowest BCUT2D eigenvalue weighted by Gasteiger charge is -2.07. The topological polar surface area (TPSA) is 98.5 Å². The van der Waals surface area contributed by atoms with Crippen molar-refractivity contribution >= 4 is 23.1 Å². The highest BCUT2D eigenvalue weighted by molar-refractivity contribution is 6.33. The Balaban J connectivity index is 2.52. The second-order valence-corrected chi connectivity index (χ2v) is 3.52. The van der Waals surface area contributed by atoms with Gasteiger partial charge in [-0.25, -0.2) is 0 Å². The van der Waals surface area contributed by atoms with Crippen LogP contribution in [0.1, 0.15) is 5.56 Å². The average Bonchev–Trinajstić information content (AvgIpc) is 2.67. The van der Waals surface area contributed by atoms with Gasteiger partial charge in [0.2, 0.25) is 0 Å². The highest BCUT2D eigenvalue weighted by Crippen LogP contribution is 2.31. The third-order valence-corrected chi connectivity index (χ3v) is 2.44. The number of non-ortho nitro benzene ring substituents is 1. The molecule has 1 N–H and O–H groups in total. The van der Waals surface area contributed by atoms with Crippen molar-refractivity contribution in [2.75, 3.05) is 7.11 Å². The van der Waals surface area contributed by atoms with Gasteiger partial charge in [-0.1, -0.05) is 0 Å². The van der Waals surface area contributed by atoms with Gasteiger partial charge in [-0.3, -0.25) is 25.0 Å². The summed E-state index contributed by atoms with van der Waals surface area (Å²) in [7, 11) is 1.33. The Hall–Kier alpha value is -2.70. The third-order valence-electron chi connectivity index (χ3n) is 2.44. The van der Waals surface area contributed by atoms with Gasteiger partial charge in [-0.2, -0.15) is 0 Å². The van der Waals surface area contributed by atoms with Crippen molar-refractivity contribution in [3.63, 3.8) is 0 Å². The van der Waals surface area contributed by atoms with Gasteiger partial charge in [0.25, 0.3) is 17.5 Å². The minimum Gasteiger partial charge on any atom is -0.496 e. The zero-order valence-corrected chi connectivity index (χ0v) is 9.30. The first-order chi connectivity index (χ1) is 8.52. The lowest BCUT2D eigenvalue weighted by atomic mass is 10.0. The number of benzene rings is 1. The van der Waals surface area contributed by atoms with E-state index in [0.717, 1.165) is 6.08 Å². The summed E-state index contributed by atoms with van der Waals surface area (Å²) in [6.07, 6.45) is 1.13. The molecule has 1 aliphatic rings. The molecule has 18 heavy (non-hydrogen) atoms. The molecule has 0 radical (unpaired) electrons. The quantitative estimate of drug-likeness (QED) is 0.481. The number of methoxy groups -OCH3 is 1. The minimum absolute atomic E-state index is 0.131. The van der Waals surface area contributed by atoms with E-state index in [4.69, 9.17) is 4.74 Å². The summed E-state index contributed by atoms with van der Waals surface area (Å²) in [5.41, 5.74) is 0.319. The fourth-order valence-electron chi connectivity index (χ4n) is 1.63. The molecule has 7 nitrogen and oxygen atoms in total. The lowest BCUT2D eigenvalue weighted by Crippen LogP contribution is -2.21. The summed E-state index contributed by atoms with van der Waals surface area (Å²) < 4.78 is 5.00. The number of amides is 2. The number of hydrogen-bond acceptors (Lipinski definition) is 5. The molecule has 1 heterocycles. The molecule has 0 spiro atoms. The van der Waals surface area contributed by atoms with E-state index in [-0.39, 0.29) is 17.0 Å². The zero-order chi connectivity index (χ0) is 13.3. The van der Waals surface area contributed by atoms with Gasteiger partial charge in [0.1, 0.15) is 5.75 Å². The molecule has 0 aliphatic carbocycles. The third kappa shape index (κ3) is 1.93. The molecule has 0 fully saturated rings. The molecular weight excluding hydrogens is 240 g/mol. The van der Waals surface area contributed by atoms with Crippen LogP contribution in [-0.2, 0) is 9.59 Å². The van der Waals surface area contributed by atoms with E-state index in [9.17, 15) is 19.7 Å². The molecule has 0 atom stereocenters. The van der Waals surface area contributed by atoms with E-state index < -0.39 is 16.7 Å². The second-order valence-electron chi connectivity index (χ2n) is 3.52. The predicted octanol–water partition coefficient (Wildman–Crippen LogP) is 0.643. The number of carbonyl (C=O) groups is 2. The number of carbonyl (C=O) groups excluding carboxylic acids is 2. The Morgan fingerprint density at radius 1 is 1.33 bits per heavy atom. The van der Waals surface area contributed by atoms with Crippen LogP contribution in [0.15, 0.2) is 24.3 Å². The molecule has 0 saturated heterocycles. The Morgan fingerprint density at radius 3 is 2.56 bits per heavy atom. The van der Waals surface area contributed by atoms with Crippen molar-refractivity contribution in [1.29, 1.82) is 0 Å². The number of hydrogen-bond donors (Lipinski definition) is 1. The molecule has 7 heteroatoms. The van der Waals surface area contributed by atoms with Crippen molar-refractivity contribution in [1.82, 2.24) is 5.32 Å². The van der Waals surface area contributed by atoms with Crippen LogP contribution in [0.3, 0.4) is 0 Å². The predicted molar refractivity (Wildman–Crippen MR) is 60.8 cm³/mol. The molecule has 2 rings (SSSR count). The summed E-state index contributed by atoms with van der Waals surface area (Å²) in [5, 5.41) is 12.7. The fraction of sp³-hybridized carbons (Fsp3) is 0.0909. The van der Waals surface area contributed by atoms with E-state index in [0.29, 0.717) is 5.56 Å². The molecule has 0 bridgehead atoms. The fourth-order valence-corrected chi connectivity index (χ4v) is 1.63. The number of ether oxygens (including phenoxy) is 1. The maximum Gasteiger partial charge on any atom is 0.273 e. The van der Waals surface area contributed by atoms with Crippen LogP contribution in [0.4, 0.5) is 5.69 Å². The van der Waals surface area contributed by atoms with Gasteiger partial charge in [0.05, 0.1) is 23.7 Å². The minimum atomic E-state index is -0.569. The smallest absolute Gasteiger partial charge is 0.273 e. The summed E-state index contributed by atoms with van der Waals surface area (Å²) >= 11 is 0. The molecular formula is C11H8N2O5. The van der Waals surface area contributed by atoms with Crippen molar-refractivity contribution < 1.29 is 19.2 Å². The van der Waals surface area contributed by atoms with Crippen LogP contribution in [0.25, 0.3) is 5.57 Å². The van der Waals surface area contributed by atoms with Gasteiger partial charge in [-0.05, 0) is 6.07 Å². The van der Waals surface area contributed by atoms with Crippen LogP contribution >= 0.6 is 0 Å². The molecule has 1 aromatic carbocycles. The first-order valence-corrected chi connectivity index (χ1v) is 4.92. The Kier molecular flexibility index (Phi) is 2.80. The summed E-state index contributed by atoms with van der Waals surface area (Å²) in [6.45, 7) is 0. The van der Waals surface area contributed by atoms with E-state index >= 15 is 0 Å². The Labute approximate surface area is 101 Å². The molecule has 0 saturated carbocycles. The van der Waals surface area contributed by atoms with Crippen molar-refractivity contribution in [2.24, 2.45) is 0 Å². The number of rotatable bonds is 3. The standard InChI is InChI=1S/C11H8N2O5/c1-18-9-4-6(13(16)17)2-3-7(9)8-5-10(14)12-11(8)15/h2-5H,1H3,(H,12,14,15). The van der Waals surface area contributed by atoms with Crippen molar-refractivity contribution in [2.45, 2.75) is 0 Å². The van der Waals surface area contributed by atoms with Gasteiger partial charge in [0, 0.05) is 17.7 Å². The van der Waals surface area contributed by atoms with Gasteiger partial charge < -0.3 is 4.74 Å². The molecule has 0 unspecified atom stereocenters.